The molecule has 1 aliphatic carbocycles. The zero-order valence-corrected chi connectivity index (χ0v) is 25.1. The molecule has 4 rings (SSSR count). The van der Waals surface area contributed by atoms with Crippen molar-refractivity contribution in [2.75, 3.05) is 25.0 Å². The summed E-state index contributed by atoms with van der Waals surface area (Å²) in [4.78, 5) is 39.6. The van der Waals surface area contributed by atoms with Gasteiger partial charge < -0.3 is 21.3 Å². The number of halogens is 4. The average Bonchev–Trinajstić information content (AvgIpc) is 2.88. The first kappa shape index (κ1) is 31.1. The van der Waals surface area contributed by atoms with Crippen molar-refractivity contribution in [3.05, 3.63) is 65.2 Å². The van der Waals surface area contributed by atoms with Crippen LogP contribution in [0.1, 0.15) is 66.9 Å². The van der Waals surface area contributed by atoms with E-state index in [-0.39, 0.29) is 23.8 Å². The molecule has 1 aliphatic heterocycles. The molecule has 4 amide bonds. The van der Waals surface area contributed by atoms with Gasteiger partial charge in [0.25, 0.3) is 5.91 Å². The molecule has 8 nitrogen and oxygen atoms in total. The van der Waals surface area contributed by atoms with Crippen LogP contribution in [-0.4, -0.2) is 58.0 Å². The van der Waals surface area contributed by atoms with Crippen LogP contribution in [0.5, 0.6) is 0 Å². The maximum absolute atomic E-state index is 13.5. The van der Waals surface area contributed by atoms with Gasteiger partial charge in [-0.05, 0) is 69.2 Å². The smallest absolute Gasteiger partial charge is 0.349 e. The summed E-state index contributed by atoms with van der Waals surface area (Å²) in [5.41, 5.74) is -0.214. The summed E-state index contributed by atoms with van der Waals surface area (Å²) < 4.78 is 39.7. The normalized spacial score (nSPS) is 20.0. The minimum absolute atomic E-state index is 0.0312. The number of anilines is 1. The first-order valence-corrected chi connectivity index (χ1v) is 14.7. The van der Waals surface area contributed by atoms with Gasteiger partial charge in [-0.2, -0.15) is 13.2 Å². The van der Waals surface area contributed by atoms with Crippen molar-refractivity contribution < 1.29 is 27.6 Å². The van der Waals surface area contributed by atoms with Crippen LogP contribution in [0.25, 0.3) is 0 Å². The van der Waals surface area contributed by atoms with Crippen LogP contribution in [-0.2, 0) is 11.0 Å². The number of carbonyl (C=O) groups is 3. The Bertz CT molecular complexity index is 1240. The Morgan fingerprint density at radius 1 is 0.976 bits per heavy atom. The molecule has 0 aromatic heterocycles. The van der Waals surface area contributed by atoms with Gasteiger partial charge in [0, 0.05) is 30.4 Å². The standard InChI is InChI=1S/C29H35F3IN5O3/c1-28(2,33)37-27(41)36-22-13-20(12-21(14-22)29(30,31)32)26(40)34-15-25(39)35-23-16-38(17-23)24-10-8-19(9-11-24)18-6-4-3-5-7-18/h3-7,12-14,19,23-24H,8-11,15-17H2,1-2H3,(H,34,40)(H,35,39)(H2,36,37,41). The van der Waals surface area contributed by atoms with E-state index in [0.717, 1.165) is 50.9 Å². The van der Waals surface area contributed by atoms with Crippen LogP contribution in [0, 0.1) is 0 Å². The third kappa shape index (κ3) is 9.06. The second kappa shape index (κ2) is 13.0. The van der Waals surface area contributed by atoms with E-state index in [1.165, 1.54) is 5.56 Å². The fraction of sp³-hybridized carbons (Fsp3) is 0.483. The van der Waals surface area contributed by atoms with E-state index in [1.54, 1.807) is 13.8 Å². The molecule has 0 atom stereocenters. The molecule has 1 saturated heterocycles. The molecule has 2 aromatic rings. The van der Waals surface area contributed by atoms with Crippen LogP contribution in [0.15, 0.2) is 48.5 Å². The Morgan fingerprint density at radius 3 is 2.24 bits per heavy atom. The van der Waals surface area contributed by atoms with Crippen molar-refractivity contribution >= 4 is 46.1 Å². The molecular formula is C29H35F3IN5O3. The Hall–Kier alpha value is -2.87. The minimum Gasteiger partial charge on any atom is -0.349 e. The molecule has 4 N–H and O–H groups in total. The number of alkyl halides is 4. The molecule has 0 radical (unpaired) electrons. The number of amides is 4. The number of benzene rings is 2. The predicted molar refractivity (Wildman–Crippen MR) is 159 cm³/mol. The van der Waals surface area contributed by atoms with Crippen molar-refractivity contribution in [1.82, 2.24) is 20.9 Å². The van der Waals surface area contributed by atoms with Crippen molar-refractivity contribution in [3.8, 4) is 0 Å². The molecule has 41 heavy (non-hydrogen) atoms. The third-order valence-corrected chi connectivity index (χ3v) is 7.63. The zero-order valence-electron chi connectivity index (χ0n) is 23.0. The van der Waals surface area contributed by atoms with E-state index < -0.39 is 33.1 Å². The molecule has 2 aromatic carbocycles. The fourth-order valence-corrected chi connectivity index (χ4v) is 5.61. The van der Waals surface area contributed by atoms with Crippen LogP contribution in [0.2, 0.25) is 0 Å². The van der Waals surface area contributed by atoms with Gasteiger partial charge in [0.2, 0.25) is 5.91 Å². The lowest BCUT2D eigenvalue weighted by molar-refractivity contribution is -0.137. The SMILES string of the molecule is CC(C)(I)NC(=O)Nc1cc(C(=O)NCC(=O)NC2CN(C3CCC(c4ccccc4)CC3)C2)cc(C(F)(F)F)c1. The summed E-state index contributed by atoms with van der Waals surface area (Å²) in [6.45, 7) is 4.52. The van der Waals surface area contributed by atoms with E-state index in [0.29, 0.717) is 18.0 Å². The van der Waals surface area contributed by atoms with Crippen molar-refractivity contribution in [2.45, 2.75) is 67.3 Å². The Kier molecular flexibility index (Phi) is 9.83. The van der Waals surface area contributed by atoms with Crippen molar-refractivity contribution in [3.63, 3.8) is 0 Å². The Morgan fingerprint density at radius 2 is 1.63 bits per heavy atom. The molecule has 222 valence electrons. The average molecular weight is 686 g/mol. The second-order valence-corrected chi connectivity index (χ2v) is 13.9. The number of nitrogens with zero attached hydrogens (tertiary/aromatic N) is 1. The number of rotatable bonds is 8. The largest absolute Gasteiger partial charge is 0.416 e. The van der Waals surface area contributed by atoms with E-state index in [2.05, 4.69) is 50.4 Å². The van der Waals surface area contributed by atoms with Gasteiger partial charge in [-0.15, -0.1) is 0 Å². The molecule has 0 bridgehead atoms. The van der Waals surface area contributed by atoms with Gasteiger partial charge >= 0.3 is 12.2 Å². The summed E-state index contributed by atoms with van der Waals surface area (Å²) in [5.74, 6) is -0.670. The highest BCUT2D eigenvalue weighted by Crippen LogP contribution is 2.36. The van der Waals surface area contributed by atoms with Crippen LogP contribution >= 0.6 is 22.6 Å². The number of likely N-dealkylation sites (tertiary alicyclic amines) is 1. The summed E-state index contributed by atoms with van der Waals surface area (Å²) >= 11 is 1.96. The maximum Gasteiger partial charge on any atom is 0.416 e. The summed E-state index contributed by atoms with van der Waals surface area (Å²) in [7, 11) is 0. The molecule has 2 aliphatic rings. The molecular weight excluding hydrogens is 650 g/mol. The first-order chi connectivity index (χ1) is 19.3. The van der Waals surface area contributed by atoms with Gasteiger partial charge in [-0.25, -0.2) is 4.79 Å². The Labute approximate surface area is 251 Å². The Balaban J connectivity index is 1.23. The lowest BCUT2D eigenvalue weighted by atomic mass is 9.80. The van der Waals surface area contributed by atoms with Crippen LogP contribution in [0.3, 0.4) is 0 Å². The summed E-state index contributed by atoms with van der Waals surface area (Å²) in [6, 6.07) is 12.9. The van der Waals surface area contributed by atoms with Gasteiger partial charge in [0.1, 0.15) is 0 Å². The van der Waals surface area contributed by atoms with Gasteiger partial charge in [0.05, 0.1) is 21.7 Å². The van der Waals surface area contributed by atoms with Crippen LogP contribution < -0.4 is 21.3 Å². The molecule has 2 fully saturated rings. The molecule has 0 spiro atoms. The summed E-state index contributed by atoms with van der Waals surface area (Å²) in [6.07, 6.45) is -0.229. The van der Waals surface area contributed by atoms with Crippen molar-refractivity contribution in [1.29, 1.82) is 0 Å². The molecule has 1 saturated carbocycles. The van der Waals surface area contributed by atoms with Gasteiger partial charge in [-0.1, -0.05) is 52.9 Å². The molecule has 1 heterocycles. The maximum atomic E-state index is 13.5. The number of hydrogen-bond acceptors (Lipinski definition) is 4. The lowest BCUT2D eigenvalue weighted by Gasteiger charge is -2.46. The monoisotopic (exact) mass is 685 g/mol. The molecule has 12 heteroatoms. The van der Waals surface area contributed by atoms with Crippen molar-refractivity contribution in [2.24, 2.45) is 0 Å². The van der Waals surface area contributed by atoms with Crippen LogP contribution in [0.4, 0.5) is 23.7 Å². The minimum atomic E-state index is -4.74. The first-order valence-electron chi connectivity index (χ1n) is 13.6. The van der Waals surface area contributed by atoms with E-state index in [4.69, 9.17) is 0 Å². The summed E-state index contributed by atoms with van der Waals surface area (Å²) in [5, 5.41) is 10.2. The number of carbonyl (C=O) groups excluding carboxylic acids is 3. The third-order valence-electron chi connectivity index (χ3n) is 7.36. The number of nitrogens with one attached hydrogen (secondary N) is 4. The highest BCUT2D eigenvalue weighted by molar-refractivity contribution is 14.1. The van der Waals surface area contributed by atoms with Gasteiger partial charge in [0.15, 0.2) is 0 Å². The van der Waals surface area contributed by atoms with Gasteiger partial charge in [-0.3, -0.25) is 14.5 Å². The quantitative estimate of drug-likeness (QED) is 0.173. The highest BCUT2D eigenvalue weighted by Gasteiger charge is 2.36. The topological polar surface area (TPSA) is 103 Å². The second-order valence-electron chi connectivity index (χ2n) is 11.2. The van der Waals surface area contributed by atoms with E-state index in [1.807, 2.05) is 28.7 Å². The predicted octanol–water partition coefficient (Wildman–Crippen LogP) is 5.25. The zero-order chi connectivity index (χ0) is 29.8. The number of urea groups is 1. The fourth-order valence-electron chi connectivity index (χ4n) is 5.37. The number of hydrogen-bond donors (Lipinski definition) is 4. The molecule has 0 unspecified atom stereocenters. The van der Waals surface area contributed by atoms with E-state index >= 15 is 0 Å². The van der Waals surface area contributed by atoms with E-state index in [9.17, 15) is 27.6 Å². The lowest BCUT2D eigenvalue weighted by Crippen LogP contribution is -2.63. The highest BCUT2D eigenvalue weighted by atomic mass is 127.